The molecule has 1 amide bonds. The van der Waals surface area contributed by atoms with E-state index in [0.717, 1.165) is 11.3 Å². The lowest BCUT2D eigenvalue weighted by molar-refractivity contribution is 0.0977. The van der Waals surface area contributed by atoms with E-state index in [2.05, 4.69) is 15.6 Å². The highest BCUT2D eigenvalue weighted by Gasteiger charge is 2.12. The van der Waals surface area contributed by atoms with Crippen LogP contribution in [0.25, 0.3) is 11.1 Å². The number of thiocarbonyl (C=S) groups is 1. The minimum absolute atomic E-state index is 0.201. The van der Waals surface area contributed by atoms with Crippen LogP contribution in [-0.2, 0) is 6.42 Å². The third-order valence-electron chi connectivity index (χ3n) is 4.68. The van der Waals surface area contributed by atoms with E-state index in [4.69, 9.17) is 44.6 Å². The van der Waals surface area contributed by atoms with Crippen molar-refractivity contribution in [1.82, 2.24) is 10.3 Å². The zero-order chi connectivity index (χ0) is 23.4. The molecule has 2 N–H and O–H groups in total. The summed E-state index contributed by atoms with van der Waals surface area (Å²) in [5.41, 5.74) is 3.34. The molecule has 0 aliphatic heterocycles. The third-order valence-corrected chi connectivity index (χ3v) is 5.38. The molecule has 0 saturated heterocycles. The maximum Gasteiger partial charge on any atom is 0.257 e. The molecule has 0 saturated carbocycles. The van der Waals surface area contributed by atoms with Gasteiger partial charge in [-0.05, 0) is 73.2 Å². The first kappa shape index (κ1) is 23.0. The molecule has 168 valence electrons. The highest BCUT2D eigenvalue weighted by atomic mass is 35.5. The number of hydrogen-bond acceptors (Lipinski definition) is 5. The molecule has 0 bridgehead atoms. The zero-order valence-electron chi connectivity index (χ0n) is 17.5. The van der Waals surface area contributed by atoms with Gasteiger partial charge in [0.05, 0.1) is 11.6 Å². The van der Waals surface area contributed by atoms with Gasteiger partial charge in [0.15, 0.2) is 16.6 Å². The minimum Gasteiger partial charge on any atom is -0.494 e. The first-order chi connectivity index (χ1) is 15.9. The van der Waals surface area contributed by atoms with Crippen LogP contribution in [0.3, 0.4) is 0 Å². The van der Waals surface area contributed by atoms with E-state index in [-0.39, 0.29) is 11.0 Å². The van der Waals surface area contributed by atoms with E-state index in [1.54, 1.807) is 36.4 Å². The molecule has 9 heteroatoms. The van der Waals surface area contributed by atoms with Crippen molar-refractivity contribution >= 4 is 63.2 Å². The number of ether oxygens (including phenoxy) is 1. The number of nitrogens with zero attached hydrogens (tertiary/aromatic N) is 1. The lowest BCUT2D eigenvalue weighted by atomic mass is 10.1. The number of benzene rings is 3. The van der Waals surface area contributed by atoms with Crippen molar-refractivity contribution in [3.8, 4) is 5.75 Å². The van der Waals surface area contributed by atoms with E-state index >= 15 is 0 Å². The lowest BCUT2D eigenvalue weighted by Gasteiger charge is -2.10. The summed E-state index contributed by atoms with van der Waals surface area (Å²) < 4.78 is 11.1. The van der Waals surface area contributed by atoms with E-state index < -0.39 is 0 Å². The highest BCUT2D eigenvalue weighted by Crippen LogP contribution is 2.29. The summed E-state index contributed by atoms with van der Waals surface area (Å²) in [6, 6.07) is 17.7. The van der Waals surface area contributed by atoms with E-state index in [1.807, 2.05) is 31.2 Å². The van der Waals surface area contributed by atoms with Gasteiger partial charge < -0.3 is 14.5 Å². The Morgan fingerprint density at radius 3 is 2.52 bits per heavy atom. The smallest absolute Gasteiger partial charge is 0.257 e. The highest BCUT2D eigenvalue weighted by molar-refractivity contribution is 7.80. The number of anilines is 1. The van der Waals surface area contributed by atoms with Gasteiger partial charge in [-0.1, -0.05) is 35.3 Å². The predicted molar refractivity (Wildman–Crippen MR) is 135 cm³/mol. The normalized spacial score (nSPS) is 10.8. The van der Waals surface area contributed by atoms with Gasteiger partial charge in [-0.25, -0.2) is 4.98 Å². The molecular weight excluding hydrogens is 481 g/mol. The lowest BCUT2D eigenvalue weighted by Crippen LogP contribution is -2.34. The van der Waals surface area contributed by atoms with Crippen molar-refractivity contribution in [1.29, 1.82) is 0 Å². The summed E-state index contributed by atoms with van der Waals surface area (Å²) in [5, 5.41) is 6.81. The number of fused-ring (bicyclic) bond motifs is 1. The number of rotatable bonds is 6. The van der Waals surface area contributed by atoms with Gasteiger partial charge >= 0.3 is 0 Å². The van der Waals surface area contributed by atoms with Crippen LogP contribution in [0.4, 0.5) is 5.69 Å². The first-order valence-corrected chi connectivity index (χ1v) is 11.3. The van der Waals surface area contributed by atoms with Gasteiger partial charge in [0.2, 0.25) is 0 Å². The van der Waals surface area contributed by atoms with Gasteiger partial charge in [-0.3, -0.25) is 10.1 Å². The fourth-order valence-corrected chi connectivity index (χ4v) is 3.90. The molecule has 0 radical (unpaired) electrons. The molecule has 33 heavy (non-hydrogen) atoms. The second-order valence-corrected chi connectivity index (χ2v) is 8.33. The Morgan fingerprint density at radius 2 is 1.82 bits per heavy atom. The van der Waals surface area contributed by atoms with Crippen molar-refractivity contribution in [2.75, 3.05) is 11.9 Å². The number of nitrogens with one attached hydrogen (secondary N) is 2. The van der Waals surface area contributed by atoms with Crippen LogP contribution < -0.4 is 15.4 Å². The molecule has 3 aromatic carbocycles. The van der Waals surface area contributed by atoms with Crippen molar-refractivity contribution in [3.05, 3.63) is 87.7 Å². The Balaban J connectivity index is 1.34. The van der Waals surface area contributed by atoms with Gasteiger partial charge in [-0.2, -0.15) is 0 Å². The van der Waals surface area contributed by atoms with Crippen LogP contribution in [0.2, 0.25) is 10.0 Å². The molecule has 1 aromatic heterocycles. The Kier molecular flexibility index (Phi) is 7.13. The van der Waals surface area contributed by atoms with Crippen molar-refractivity contribution in [2.45, 2.75) is 13.3 Å². The SMILES string of the molecule is CCOc1ccc(C(=O)NC(=S)Nc2ccc(Cc3nc4cc(Cl)cc(Cl)c4o3)cc2)cc1. The third kappa shape index (κ3) is 5.82. The van der Waals surface area contributed by atoms with Crippen LogP contribution in [0.1, 0.15) is 28.7 Å². The van der Waals surface area contributed by atoms with Crippen LogP contribution in [0, 0.1) is 0 Å². The second-order valence-electron chi connectivity index (χ2n) is 7.08. The number of aromatic nitrogens is 1. The summed E-state index contributed by atoms with van der Waals surface area (Å²) >= 11 is 17.5. The molecule has 0 fully saturated rings. The van der Waals surface area contributed by atoms with Crippen molar-refractivity contribution < 1.29 is 13.9 Å². The monoisotopic (exact) mass is 499 g/mol. The number of amides is 1. The Morgan fingerprint density at radius 1 is 1.09 bits per heavy atom. The average Bonchev–Trinajstić information content (AvgIpc) is 3.18. The summed E-state index contributed by atoms with van der Waals surface area (Å²) in [6.45, 7) is 2.47. The predicted octanol–water partition coefficient (Wildman–Crippen LogP) is 6.25. The van der Waals surface area contributed by atoms with Gasteiger partial charge in [0, 0.05) is 22.7 Å². The first-order valence-electron chi connectivity index (χ1n) is 10.1. The zero-order valence-corrected chi connectivity index (χ0v) is 19.9. The van der Waals surface area contributed by atoms with Crippen LogP contribution in [0.5, 0.6) is 5.75 Å². The fourth-order valence-electron chi connectivity index (χ4n) is 3.17. The topological polar surface area (TPSA) is 76.4 Å². The quantitative estimate of drug-likeness (QED) is 0.305. The fraction of sp³-hybridized carbons (Fsp3) is 0.125. The summed E-state index contributed by atoms with van der Waals surface area (Å²) in [4.78, 5) is 16.8. The van der Waals surface area contributed by atoms with Gasteiger partial charge in [-0.15, -0.1) is 0 Å². The maximum absolute atomic E-state index is 12.4. The molecular formula is C24H19Cl2N3O3S. The van der Waals surface area contributed by atoms with Crippen LogP contribution in [0.15, 0.2) is 65.1 Å². The van der Waals surface area contributed by atoms with Gasteiger partial charge in [0.25, 0.3) is 5.91 Å². The van der Waals surface area contributed by atoms with E-state index in [0.29, 0.717) is 51.4 Å². The second kappa shape index (κ2) is 10.2. The molecule has 4 rings (SSSR count). The molecule has 4 aromatic rings. The summed E-state index contributed by atoms with van der Waals surface area (Å²) in [7, 11) is 0. The molecule has 0 aliphatic rings. The standard InChI is InChI=1S/C24H19Cl2N3O3S/c1-2-31-18-9-5-15(6-10-18)23(30)29-24(33)27-17-7-3-14(4-8-17)11-21-28-20-13-16(25)12-19(26)22(20)32-21/h3-10,12-13H,2,11H2,1H3,(H2,27,29,30,33). The molecule has 6 nitrogen and oxygen atoms in total. The summed E-state index contributed by atoms with van der Waals surface area (Å²) in [6.07, 6.45) is 0.488. The molecule has 0 atom stereocenters. The largest absolute Gasteiger partial charge is 0.494 e. The minimum atomic E-state index is -0.304. The number of hydrogen-bond donors (Lipinski definition) is 2. The van der Waals surface area contributed by atoms with Gasteiger partial charge in [0.1, 0.15) is 11.3 Å². The molecule has 1 heterocycles. The maximum atomic E-state index is 12.4. The molecule has 0 unspecified atom stereocenters. The Bertz CT molecular complexity index is 1310. The molecule has 0 aliphatic carbocycles. The number of oxazole rings is 1. The number of carbonyl (C=O) groups excluding carboxylic acids is 1. The molecule has 0 spiro atoms. The van der Waals surface area contributed by atoms with Crippen LogP contribution in [-0.4, -0.2) is 22.6 Å². The van der Waals surface area contributed by atoms with E-state index in [1.165, 1.54) is 0 Å². The van der Waals surface area contributed by atoms with E-state index in [9.17, 15) is 4.79 Å². The van der Waals surface area contributed by atoms with Crippen LogP contribution >= 0.6 is 35.4 Å². The Hall–Kier alpha value is -3.13. The Labute approximate surface area is 205 Å². The van der Waals surface area contributed by atoms with Crippen molar-refractivity contribution in [2.24, 2.45) is 0 Å². The van der Waals surface area contributed by atoms with Crippen molar-refractivity contribution in [3.63, 3.8) is 0 Å². The average molecular weight is 500 g/mol. The number of halogens is 2. The number of carbonyl (C=O) groups is 1. The summed E-state index contributed by atoms with van der Waals surface area (Å²) in [5.74, 6) is 0.939.